The summed E-state index contributed by atoms with van der Waals surface area (Å²) in [7, 11) is -5.17. The van der Waals surface area contributed by atoms with E-state index < -0.39 is 15.5 Å². The Hall–Kier alpha value is 1.23. The molecule has 0 aromatic heterocycles. The molecule has 0 unspecified atom stereocenters. The van der Waals surface area contributed by atoms with Crippen LogP contribution in [-0.4, -0.2) is 22.6 Å². The summed E-state index contributed by atoms with van der Waals surface area (Å²) in [6, 6.07) is 0. The van der Waals surface area contributed by atoms with Gasteiger partial charge in [-0.15, -0.1) is 0 Å². The molecule has 0 spiro atoms. The minimum absolute atomic E-state index is 0. The molecule has 0 aromatic rings. The van der Waals surface area contributed by atoms with Gasteiger partial charge in [0, 0.05) is 10.4 Å². The van der Waals surface area contributed by atoms with Crippen LogP contribution in [0.4, 0.5) is 0 Å². The summed E-state index contributed by atoms with van der Waals surface area (Å²) < 4.78 is 34.1. The third-order valence-corrected chi connectivity index (χ3v) is 0. The molecule has 0 fully saturated rings. The second kappa shape index (κ2) is 11.2. The molecule has 0 saturated carbocycles. The molecule has 0 aliphatic rings. The summed E-state index contributed by atoms with van der Waals surface area (Å²) in [6.45, 7) is 0. The van der Waals surface area contributed by atoms with E-state index in [1.54, 1.807) is 0 Å². The quantitative estimate of drug-likeness (QED) is 0.139. The van der Waals surface area contributed by atoms with Crippen molar-refractivity contribution in [2.24, 2.45) is 0 Å². The van der Waals surface area contributed by atoms with Crippen molar-refractivity contribution in [2.45, 2.75) is 0 Å². The van der Waals surface area contributed by atoms with E-state index >= 15 is 0 Å². The molecule has 0 atom stereocenters. The van der Waals surface area contributed by atoms with E-state index in [1.165, 1.54) is 0 Å². The molecular weight excluding hydrogens is 253 g/mol. The summed E-state index contributed by atoms with van der Waals surface area (Å²) in [5, 5.41) is 14.8. The Morgan fingerprint density at radius 1 is 1.09 bits per heavy atom. The van der Waals surface area contributed by atoms with E-state index in [1.807, 2.05) is 0 Å². The van der Waals surface area contributed by atoms with Gasteiger partial charge in [0.15, 0.2) is 0 Å². The Kier molecular flexibility index (Phi) is 23.2. The predicted octanol–water partition coefficient (Wildman–Crippen LogP) is -4.58. The SMILES string of the molecule is O=S(=O)([O-])[O-].O=[N+]([O-])[O-].[Fe+2].[K+]. The van der Waals surface area contributed by atoms with Crippen molar-refractivity contribution in [3.8, 4) is 0 Å². The number of hydrogen-bond donors (Lipinski definition) is 0. The van der Waals surface area contributed by atoms with E-state index in [4.69, 9.17) is 32.8 Å². The van der Waals surface area contributed by atoms with E-state index in [0.29, 0.717) is 0 Å². The summed E-state index contributed by atoms with van der Waals surface area (Å²) in [5.41, 5.74) is 0. The molecular formula is FeKNO7S. The molecule has 11 heteroatoms. The Morgan fingerprint density at radius 3 is 1.09 bits per heavy atom. The fourth-order valence-electron chi connectivity index (χ4n) is 0. The van der Waals surface area contributed by atoms with Crippen molar-refractivity contribution in [3.05, 3.63) is 15.3 Å². The second-order valence-corrected chi connectivity index (χ2v) is 1.45. The van der Waals surface area contributed by atoms with E-state index in [2.05, 4.69) is 0 Å². The fourth-order valence-corrected chi connectivity index (χ4v) is 0. The predicted molar refractivity (Wildman–Crippen MR) is 20.8 cm³/mol. The zero-order valence-electron chi connectivity index (χ0n) is 5.07. The molecule has 0 rings (SSSR count). The number of nitrogens with zero attached hydrogens (tertiary/aromatic N) is 1. The van der Waals surface area contributed by atoms with Crippen molar-refractivity contribution in [2.75, 3.05) is 0 Å². The van der Waals surface area contributed by atoms with Crippen molar-refractivity contribution in [1.82, 2.24) is 0 Å². The Labute approximate surface area is 115 Å². The Balaban J connectivity index is -0.0000000383. The fraction of sp³-hybridized carbons (Fsp3) is 0. The Bertz CT molecular complexity index is 161. The van der Waals surface area contributed by atoms with E-state index in [9.17, 15) is 0 Å². The molecule has 0 aliphatic heterocycles. The Morgan fingerprint density at radius 2 is 1.09 bits per heavy atom. The van der Waals surface area contributed by atoms with Crippen LogP contribution in [0.15, 0.2) is 0 Å². The minimum atomic E-state index is -5.17. The maximum Gasteiger partial charge on any atom is 2.00 e. The molecule has 0 aromatic carbocycles. The van der Waals surface area contributed by atoms with Gasteiger partial charge in [-0.2, -0.15) is 0 Å². The van der Waals surface area contributed by atoms with Gasteiger partial charge >= 0.3 is 68.5 Å². The van der Waals surface area contributed by atoms with Gasteiger partial charge < -0.3 is 24.4 Å². The second-order valence-electron chi connectivity index (χ2n) is 0.632. The van der Waals surface area contributed by atoms with Crippen molar-refractivity contribution < 1.29 is 91.1 Å². The number of rotatable bonds is 0. The standard InChI is InChI=1S/Fe.K.NO3.H2O4S/c;;2-1(3)4;1-5(2,3)4/h;;;(H2,1,2,3,4)/q+2;+1;-1;/p-2. The first-order valence-electron chi connectivity index (χ1n) is 1.21. The first-order chi connectivity index (χ1) is 3.73. The normalized spacial score (nSPS) is 7.45. The maximum absolute atomic E-state index is 8.52. The van der Waals surface area contributed by atoms with Crippen molar-refractivity contribution in [1.29, 1.82) is 0 Å². The largest absolute Gasteiger partial charge is 2.00 e. The van der Waals surface area contributed by atoms with Gasteiger partial charge in [0.05, 0.1) is 5.09 Å². The van der Waals surface area contributed by atoms with Crippen LogP contribution in [0.1, 0.15) is 0 Å². The van der Waals surface area contributed by atoms with Crippen molar-refractivity contribution >= 4 is 10.4 Å². The summed E-state index contributed by atoms with van der Waals surface area (Å²) in [6.07, 6.45) is 0. The van der Waals surface area contributed by atoms with Gasteiger partial charge in [0.1, 0.15) is 0 Å². The van der Waals surface area contributed by atoms with Gasteiger partial charge in [-0.1, -0.05) is 0 Å². The van der Waals surface area contributed by atoms with Crippen LogP contribution >= 0.6 is 0 Å². The number of hydrogen-bond acceptors (Lipinski definition) is 7. The van der Waals surface area contributed by atoms with Crippen LogP contribution in [0.2, 0.25) is 0 Å². The summed E-state index contributed by atoms with van der Waals surface area (Å²) in [4.78, 5) is 8.25. The topological polar surface area (TPSA) is 146 Å². The average Bonchev–Trinajstić information content (AvgIpc) is 1.19. The zero-order valence-corrected chi connectivity index (χ0v) is 10.1. The first kappa shape index (κ1) is 22.8. The van der Waals surface area contributed by atoms with Crippen LogP contribution < -0.4 is 51.4 Å². The molecule has 0 aliphatic carbocycles. The summed E-state index contributed by atoms with van der Waals surface area (Å²) in [5.74, 6) is 0. The third-order valence-electron chi connectivity index (χ3n) is 0. The average molecular weight is 253 g/mol. The van der Waals surface area contributed by atoms with Gasteiger partial charge in [-0.25, -0.2) is 0 Å². The summed E-state index contributed by atoms with van der Waals surface area (Å²) >= 11 is 0. The first-order valence-corrected chi connectivity index (χ1v) is 2.55. The molecule has 0 radical (unpaired) electrons. The van der Waals surface area contributed by atoms with E-state index in [-0.39, 0.29) is 68.5 Å². The van der Waals surface area contributed by atoms with Gasteiger partial charge in [-0.05, 0) is 0 Å². The van der Waals surface area contributed by atoms with Crippen LogP contribution in [0, 0.1) is 15.3 Å². The minimum Gasteiger partial charge on any atom is -0.759 e. The van der Waals surface area contributed by atoms with Crippen LogP contribution in [-0.2, 0) is 27.5 Å². The smallest absolute Gasteiger partial charge is 0.759 e. The molecule has 11 heavy (non-hydrogen) atoms. The molecule has 0 saturated heterocycles. The van der Waals surface area contributed by atoms with Crippen molar-refractivity contribution in [3.63, 3.8) is 0 Å². The third kappa shape index (κ3) is 636. The molecule has 0 bridgehead atoms. The van der Waals surface area contributed by atoms with Gasteiger partial charge in [-0.3, -0.25) is 8.42 Å². The van der Waals surface area contributed by atoms with Gasteiger partial charge in [0.2, 0.25) is 0 Å². The monoisotopic (exact) mass is 253 g/mol. The van der Waals surface area contributed by atoms with Gasteiger partial charge in [0.25, 0.3) is 0 Å². The molecule has 62 valence electrons. The van der Waals surface area contributed by atoms with Crippen LogP contribution in [0.25, 0.3) is 0 Å². The molecule has 0 amide bonds. The van der Waals surface area contributed by atoms with E-state index in [0.717, 1.165) is 0 Å². The zero-order chi connectivity index (χ0) is 8.08. The molecule has 0 heterocycles. The van der Waals surface area contributed by atoms with Crippen LogP contribution in [0.5, 0.6) is 0 Å². The molecule has 8 nitrogen and oxygen atoms in total. The molecule has 0 N–H and O–H groups in total. The van der Waals surface area contributed by atoms with Crippen LogP contribution in [0.3, 0.4) is 0 Å². The maximum atomic E-state index is 8.52.